The van der Waals surface area contributed by atoms with Crippen molar-refractivity contribution in [2.24, 2.45) is 5.73 Å². The number of hydrogen-bond acceptors (Lipinski definition) is 2. The molecule has 0 aromatic heterocycles. The third-order valence-corrected chi connectivity index (χ3v) is 4.74. The summed E-state index contributed by atoms with van der Waals surface area (Å²) < 4.78 is 2.30. The molecule has 0 heterocycles. The third kappa shape index (κ3) is 4.10. The molecule has 0 radical (unpaired) electrons. The molecule has 0 amide bonds. The van der Waals surface area contributed by atoms with Gasteiger partial charge in [0.2, 0.25) is 0 Å². The summed E-state index contributed by atoms with van der Waals surface area (Å²) in [5.74, 6) is -0.898. The Morgan fingerprint density at radius 2 is 2.07 bits per heavy atom. The van der Waals surface area contributed by atoms with Gasteiger partial charge in [0.1, 0.15) is 0 Å². The number of carboxylic acids is 1. The predicted octanol–water partition coefficient (Wildman–Crippen LogP) is 0.236. The van der Waals surface area contributed by atoms with Gasteiger partial charge in [0.15, 0.2) is 0 Å². The van der Waals surface area contributed by atoms with Gasteiger partial charge in [-0.3, -0.25) is 0 Å². The number of hydrogen-bond donors (Lipinski definition) is 2. The van der Waals surface area contributed by atoms with Crippen LogP contribution >= 0.6 is 0 Å². The molecule has 1 atom stereocenters. The van der Waals surface area contributed by atoms with Crippen LogP contribution in [-0.2, 0) is 4.79 Å². The zero-order valence-corrected chi connectivity index (χ0v) is 10.0. The van der Waals surface area contributed by atoms with Gasteiger partial charge in [0.25, 0.3) is 0 Å². The molecule has 1 unspecified atom stereocenters. The Hall–Kier alpha value is -0.560. The summed E-state index contributed by atoms with van der Waals surface area (Å²) in [6, 6.07) is 9.50. The summed E-state index contributed by atoms with van der Waals surface area (Å²) in [7, 11) is 0. The van der Waals surface area contributed by atoms with E-state index in [0.29, 0.717) is 6.42 Å². The first-order valence-corrected chi connectivity index (χ1v) is 7.17. The molecule has 3 nitrogen and oxygen atoms in total. The Balaban J connectivity index is 2.26. The number of aliphatic carboxylic acids is 1. The molecule has 4 heteroatoms. The molecular formula is C10H13NO2Te. The van der Waals surface area contributed by atoms with Gasteiger partial charge in [-0.05, 0) is 0 Å². The number of rotatable bonds is 5. The van der Waals surface area contributed by atoms with E-state index < -0.39 is 12.0 Å². The Kier molecular flexibility index (Phi) is 4.95. The van der Waals surface area contributed by atoms with Crippen LogP contribution in [0.4, 0.5) is 0 Å². The van der Waals surface area contributed by atoms with Gasteiger partial charge >= 0.3 is 93.4 Å². The minimum absolute atomic E-state index is 0.251. The van der Waals surface area contributed by atoms with Gasteiger partial charge in [0.05, 0.1) is 0 Å². The van der Waals surface area contributed by atoms with Gasteiger partial charge in [-0.1, -0.05) is 0 Å². The van der Waals surface area contributed by atoms with E-state index in [1.165, 1.54) is 3.61 Å². The van der Waals surface area contributed by atoms with Crippen LogP contribution in [0.3, 0.4) is 0 Å². The van der Waals surface area contributed by atoms with Gasteiger partial charge in [-0.15, -0.1) is 0 Å². The molecule has 76 valence electrons. The van der Waals surface area contributed by atoms with Crippen molar-refractivity contribution >= 4 is 30.5 Å². The Morgan fingerprint density at radius 3 is 2.64 bits per heavy atom. The Labute approximate surface area is 93.4 Å². The monoisotopic (exact) mass is 309 g/mol. The topological polar surface area (TPSA) is 63.3 Å². The van der Waals surface area contributed by atoms with Crippen molar-refractivity contribution in [3.63, 3.8) is 0 Å². The van der Waals surface area contributed by atoms with E-state index in [2.05, 4.69) is 12.1 Å². The van der Waals surface area contributed by atoms with E-state index in [1.54, 1.807) is 0 Å². The summed E-state index contributed by atoms with van der Waals surface area (Å²) >= 11 is -0.251. The number of nitrogens with two attached hydrogens (primary N) is 1. The second kappa shape index (κ2) is 6.02. The minimum atomic E-state index is -0.898. The molecule has 1 aromatic rings. The normalized spacial score (nSPS) is 12.4. The average Bonchev–Trinajstić information content (AvgIpc) is 2.19. The van der Waals surface area contributed by atoms with Gasteiger partial charge < -0.3 is 0 Å². The van der Waals surface area contributed by atoms with E-state index in [1.807, 2.05) is 18.2 Å². The van der Waals surface area contributed by atoms with Crippen molar-refractivity contribution in [1.82, 2.24) is 0 Å². The van der Waals surface area contributed by atoms with Gasteiger partial charge in [0, 0.05) is 0 Å². The van der Waals surface area contributed by atoms with Crippen molar-refractivity contribution in [2.45, 2.75) is 16.9 Å². The molecule has 1 aromatic carbocycles. The molecule has 0 fully saturated rings. The fraction of sp³-hybridized carbons (Fsp3) is 0.300. The summed E-state index contributed by atoms with van der Waals surface area (Å²) in [5, 5.41) is 8.57. The molecule has 0 aliphatic carbocycles. The quantitative estimate of drug-likeness (QED) is 0.766. The predicted molar refractivity (Wildman–Crippen MR) is 56.9 cm³/mol. The van der Waals surface area contributed by atoms with E-state index in [-0.39, 0.29) is 20.9 Å². The summed E-state index contributed by atoms with van der Waals surface area (Å²) in [6.45, 7) is 0. The van der Waals surface area contributed by atoms with E-state index in [9.17, 15) is 4.79 Å². The fourth-order valence-electron chi connectivity index (χ4n) is 0.944. The molecule has 0 saturated heterocycles. The molecule has 0 saturated carbocycles. The van der Waals surface area contributed by atoms with Crippen LogP contribution in [0.1, 0.15) is 6.42 Å². The maximum atomic E-state index is 10.4. The molecular weight excluding hydrogens is 294 g/mol. The molecule has 0 bridgehead atoms. The average molecular weight is 307 g/mol. The number of carbonyl (C=O) groups is 1. The first-order valence-electron chi connectivity index (χ1n) is 4.36. The van der Waals surface area contributed by atoms with Crippen LogP contribution in [0.25, 0.3) is 0 Å². The van der Waals surface area contributed by atoms with Crippen LogP contribution < -0.4 is 9.35 Å². The van der Waals surface area contributed by atoms with Gasteiger partial charge in [-0.2, -0.15) is 0 Å². The molecule has 1 rings (SSSR count). The van der Waals surface area contributed by atoms with Crippen LogP contribution in [0.2, 0.25) is 4.47 Å². The van der Waals surface area contributed by atoms with Crippen molar-refractivity contribution in [2.75, 3.05) is 0 Å². The van der Waals surface area contributed by atoms with E-state index in [4.69, 9.17) is 10.8 Å². The van der Waals surface area contributed by atoms with Crippen molar-refractivity contribution in [3.8, 4) is 0 Å². The van der Waals surface area contributed by atoms with Crippen molar-refractivity contribution < 1.29 is 9.90 Å². The standard InChI is InChI=1S/C10H13NO2Te/c11-9(10(12)13)6-7-14-8-4-2-1-3-5-8/h1-5,9H,6-7,11H2,(H,12,13). The Bertz CT molecular complexity index is 289. The second-order valence-corrected chi connectivity index (χ2v) is 6.23. The van der Waals surface area contributed by atoms with Crippen LogP contribution in [-0.4, -0.2) is 38.0 Å². The first-order chi connectivity index (χ1) is 6.70. The van der Waals surface area contributed by atoms with E-state index >= 15 is 0 Å². The zero-order chi connectivity index (χ0) is 10.4. The molecule has 3 N–H and O–H groups in total. The molecule has 0 aliphatic heterocycles. The van der Waals surface area contributed by atoms with Crippen molar-refractivity contribution in [1.29, 1.82) is 0 Å². The second-order valence-electron chi connectivity index (χ2n) is 2.89. The summed E-state index contributed by atoms with van der Waals surface area (Å²) in [4.78, 5) is 10.4. The van der Waals surface area contributed by atoms with Crippen LogP contribution in [0.15, 0.2) is 30.3 Å². The molecule has 14 heavy (non-hydrogen) atoms. The number of benzene rings is 1. The van der Waals surface area contributed by atoms with Crippen LogP contribution in [0, 0.1) is 0 Å². The van der Waals surface area contributed by atoms with Crippen molar-refractivity contribution in [3.05, 3.63) is 30.3 Å². The molecule has 0 spiro atoms. The summed E-state index contributed by atoms with van der Waals surface area (Å²) in [6.07, 6.45) is 0.590. The molecule has 0 aliphatic rings. The maximum absolute atomic E-state index is 10.4. The third-order valence-electron chi connectivity index (χ3n) is 1.76. The fourth-order valence-corrected chi connectivity index (χ4v) is 3.68. The van der Waals surface area contributed by atoms with E-state index in [0.717, 1.165) is 4.47 Å². The first kappa shape index (κ1) is 11.5. The zero-order valence-electron chi connectivity index (χ0n) is 7.72. The Morgan fingerprint density at radius 1 is 1.43 bits per heavy atom. The summed E-state index contributed by atoms with van der Waals surface area (Å²) in [5.41, 5.74) is 5.40. The SMILES string of the molecule is NC(CC[Te]c1ccccc1)C(=O)O. The number of carboxylic acid groups (broad SMARTS) is 1. The van der Waals surface area contributed by atoms with Crippen LogP contribution in [0.5, 0.6) is 0 Å². The van der Waals surface area contributed by atoms with Gasteiger partial charge in [-0.25, -0.2) is 0 Å².